The molecule has 1 rings (SSSR count). The Morgan fingerprint density at radius 2 is 2.05 bits per heavy atom. The number of hydrogen-bond acceptors (Lipinski definition) is 3. The van der Waals surface area contributed by atoms with Gasteiger partial charge in [-0.15, -0.1) is 0 Å². The highest BCUT2D eigenvalue weighted by molar-refractivity contribution is 5.95. The molecule has 0 saturated heterocycles. The summed E-state index contributed by atoms with van der Waals surface area (Å²) in [6, 6.07) is 5.54. The standard InChI is InChI=1S/C17H27NO3/c1-6-8-12(19)11-13-14(9-7-10-15(13)21-5)18-16(20)17(2,3)4/h7,9-10,12,19H,6,8,11H2,1-5H3,(H,18,20). The van der Waals surface area contributed by atoms with E-state index in [9.17, 15) is 9.90 Å². The van der Waals surface area contributed by atoms with Crippen LogP contribution in [0.2, 0.25) is 0 Å². The van der Waals surface area contributed by atoms with Gasteiger partial charge in [0.15, 0.2) is 0 Å². The van der Waals surface area contributed by atoms with E-state index in [0.717, 1.165) is 18.4 Å². The monoisotopic (exact) mass is 293 g/mol. The first kappa shape index (κ1) is 17.5. The molecule has 21 heavy (non-hydrogen) atoms. The molecule has 0 bridgehead atoms. The van der Waals surface area contributed by atoms with Gasteiger partial charge in [-0.05, 0) is 18.6 Å². The molecule has 4 nitrogen and oxygen atoms in total. The molecule has 4 heteroatoms. The minimum absolute atomic E-state index is 0.0537. The minimum atomic E-state index is -0.470. The molecule has 0 fully saturated rings. The molecule has 0 aliphatic carbocycles. The largest absolute Gasteiger partial charge is 0.496 e. The first-order valence-corrected chi connectivity index (χ1v) is 7.45. The van der Waals surface area contributed by atoms with E-state index in [2.05, 4.69) is 5.32 Å². The molecule has 0 saturated carbocycles. The van der Waals surface area contributed by atoms with E-state index in [4.69, 9.17) is 4.74 Å². The first-order valence-electron chi connectivity index (χ1n) is 7.45. The third kappa shape index (κ3) is 5.05. The van der Waals surface area contributed by atoms with E-state index in [1.54, 1.807) is 7.11 Å². The number of methoxy groups -OCH3 is 1. The van der Waals surface area contributed by atoms with Crippen LogP contribution in [0.3, 0.4) is 0 Å². The average molecular weight is 293 g/mol. The Hall–Kier alpha value is -1.55. The molecule has 0 spiro atoms. The van der Waals surface area contributed by atoms with E-state index in [-0.39, 0.29) is 5.91 Å². The van der Waals surface area contributed by atoms with Crippen LogP contribution >= 0.6 is 0 Å². The van der Waals surface area contributed by atoms with Gasteiger partial charge in [0.1, 0.15) is 5.75 Å². The Morgan fingerprint density at radius 1 is 1.38 bits per heavy atom. The molecule has 118 valence electrons. The summed E-state index contributed by atoms with van der Waals surface area (Å²) in [5.74, 6) is 0.638. The van der Waals surface area contributed by atoms with Crippen molar-refractivity contribution in [2.75, 3.05) is 12.4 Å². The molecule has 0 radical (unpaired) electrons. The van der Waals surface area contributed by atoms with Gasteiger partial charge in [-0.3, -0.25) is 4.79 Å². The predicted octanol–water partition coefficient (Wildman–Crippen LogP) is 3.38. The van der Waals surface area contributed by atoms with E-state index in [1.807, 2.05) is 45.9 Å². The summed E-state index contributed by atoms with van der Waals surface area (Å²) in [5, 5.41) is 13.0. The molecule has 1 unspecified atom stereocenters. The van der Waals surface area contributed by atoms with Crippen molar-refractivity contribution in [1.29, 1.82) is 0 Å². The molecule has 1 aromatic carbocycles. The van der Waals surface area contributed by atoms with Gasteiger partial charge in [-0.1, -0.05) is 40.2 Å². The molecule has 1 aromatic rings. The smallest absolute Gasteiger partial charge is 0.229 e. The van der Waals surface area contributed by atoms with Crippen LogP contribution in [0.5, 0.6) is 5.75 Å². The highest BCUT2D eigenvalue weighted by atomic mass is 16.5. The van der Waals surface area contributed by atoms with Crippen LogP contribution in [-0.2, 0) is 11.2 Å². The summed E-state index contributed by atoms with van der Waals surface area (Å²) < 4.78 is 5.37. The normalized spacial score (nSPS) is 12.9. The number of anilines is 1. The molecule has 0 aromatic heterocycles. The van der Waals surface area contributed by atoms with E-state index >= 15 is 0 Å². The molecule has 1 amide bonds. The summed E-state index contributed by atoms with van der Waals surface area (Å²) in [5.41, 5.74) is 1.09. The van der Waals surface area contributed by atoms with Gasteiger partial charge in [0, 0.05) is 23.1 Å². The zero-order chi connectivity index (χ0) is 16.0. The Labute approximate surface area is 127 Å². The maximum atomic E-state index is 12.2. The van der Waals surface area contributed by atoms with Crippen LogP contribution in [0.1, 0.15) is 46.1 Å². The number of hydrogen-bond donors (Lipinski definition) is 2. The number of carbonyl (C=O) groups is 1. The lowest BCUT2D eigenvalue weighted by Crippen LogP contribution is -2.28. The maximum Gasteiger partial charge on any atom is 0.229 e. The second kappa shape index (κ2) is 7.46. The van der Waals surface area contributed by atoms with Gasteiger partial charge < -0.3 is 15.2 Å². The Kier molecular flexibility index (Phi) is 6.21. The molecule has 2 N–H and O–H groups in total. The predicted molar refractivity (Wildman–Crippen MR) is 85.7 cm³/mol. The topological polar surface area (TPSA) is 58.6 Å². The Bertz CT molecular complexity index is 477. The lowest BCUT2D eigenvalue weighted by molar-refractivity contribution is -0.123. The van der Waals surface area contributed by atoms with Crippen LogP contribution in [0, 0.1) is 5.41 Å². The summed E-state index contributed by atoms with van der Waals surface area (Å²) in [4.78, 5) is 12.2. The molecular weight excluding hydrogens is 266 g/mol. The maximum absolute atomic E-state index is 12.2. The quantitative estimate of drug-likeness (QED) is 0.845. The van der Waals surface area contributed by atoms with E-state index in [0.29, 0.717) is 17.9 Å². The van der Waals surface area contributed by atoms with Crippen LogP contribution in [0.25, 0.3) is 0 Å². The van der Waals surface area contributed by atoms with Crippen LogP contribution in [0.15, 0.2) is 18.2 Å². The molecule has 0 heterocycles. The fourth-order valence-corrected chi connectivity index (χ4v) is 2.07. The van der Waals surface area contributed by atoms with Crippen molar-refractivity contribution in [3.8, 4) is 5.75 Å². The number of ether oxygens (including phenoxy) is 1. The second-order valence-corrected chi connectivity index (χ2v) is 6.34. The molecule has 0 aliphatic heterocycles. The van der Waals surface area contributed by atoms with Crippen molar-refractivity contribution in [1.82, 2.24) is 0 Å². The van der Waals surface area contributed by atoms with Crippen molar-refractivity contribution in [3.63, 3.8) is 0 Å². The van der Waals surface area contributed by atoms with Crippen LogP contribution in [-0.4, -0.2) is 24.2 Å². The lowest BCUT2D eigenvalue weighted by Gasteiger charge is -2.21. The zero-order valence-electron chi connectivity index (χ0n) is 13.7. The molecule has 1 atom stereocenters. The number of rotatable bonds is 6. The summed E-state index contributed by atoms with van der Waals surface area (Å²) in [7, 11) is 1.60. The van der Waals surface area contributed by atoms with Gasteiger partial charge in [0.25, 0.3) is 0 Å². The molecular formula is C17H27NO3. The van der Waals surface area contributed by atoms with Crippen molar-refractivity contribution < 1.29 is 14.6 Å². The van der Waals surface area contributed by atoms with Crippen LogP contribution < -0.4 is 10.1 Å². The van der Waals surface area contributed by atoms with Gasteiger partial charge in [-0.25, -0.2) is 0 Å². The van der Waals surface area contributed by atoms with Crippen LogP contribution in [0.4, 0.5) is 5.69 Å². The van der Waals surface area contributed by atoms with E-state index < -0.39 is 11.5 Å². The van der Waals surface area contributed by atoms with Crippen molar-refractivity contribution in [2.45, 2.75) is 53.1 Å². The minimum Gasteiger partial charge on any atom is -0.496 e. The Morgan fingerprint density at radius 3 is 2.57 bits per heavy atom. The fraction of sp³-hybridized carbons (Fsp3) is 0.588. The van der Waals surface area contributed by atoms with Gasteiger partial charge >= 0.3 is 0 Å². The zero-order valence-corrected chi connectivity index (χ0v) is 13.7. The van der Waals surface area contributed by atoms with E-state index in [1.165, 1.54) is 0 Å². The Balaban J connectivity index is 3.05. The third-order valence-electron chi connectivity index (χ3n) is 3.34. The highest BCUT2D eigenvalue weighted by Gasteiger charge is 2.23. The SMILES string of the molecule is CCCC(O)Cc1c(NC(=O)C(C)(C)C)cccc1OC. The lowest BCUT2D eigenvalue weighted by atomic mass is 9.95. The van der Waals surface area contributed by atoms with Gasteiger partial charge in [0.2, 0.25) is 5.91 Å². The van der Waals surface area contributed by atoms with Crippen molar-refractivity contribution in [2.24, 2.45) is 5.41 Å². The summed E-state index contributed by atoms with van der Waals surface area (Å²) in [6.45, 7) is 7.64. The average Bonchev–Trinajstić information content (AvgIpc) is 2.39. The third-order valence-corrected chi connectivity index (χ3v) is 3.34. The summed E-state index contributed by atoms with van der Waals surface area (Å²) >= 11 is 0. The number of aliphatic hydroxyl groups is 1. The highest BCUT2D eigenvalue weighted by Crippen LogP contribution is 2.29. The fourth-order valence-electron chi connectivity index (χ4n) is 2.07. The van der Waals surface area contributed by atoms with Gasteiger partial charge in [0.05, 0.1) is 13.2 Å². The number of amides is 1. The number of aliphatic hydroxyl groups excluding tert-OH is 1. The summed E-state index contributed by atoms with van der Waals surface area (Å²) in [6.07, 6.45) is 1.68. The number of nitrogens with one attached hydrogen (secondary N) is 1. The van der Waals surface area contributed by atoms with Crippen molar-refractivity contribution >= 4 is 11.6 Å². The van der Waals surface area contributed by atoms with Crippen molar-refractivity contribution in [3.05, 3.63) is 23.8 Å². The molecule has 0 aliphatic rings. The first-order chi connectivity index (χ1) is 9.79. The number of carbonyl (C=O) groups excluding carboxylic acids is 1. The van der Waals surface area contributed by atoms with Gasteiger partial charge in [-0.2, -0.15) is 0 Å². The second-order valence-electron chi connectivity index (χ2n) is 6.34. The number of benzene rings is 1.